The molecule has 2 heterocycles. The molecule has 4 rings (SSSR count). The molecule has 164 valence electrons. The van der Waals surface area contributed by atoms with E-state index in [1.165, 1.54) is 17.5 Å². The number of ether oxygens (including phenoxy) is 2. The van der Waals surface area contributed by atoms with Crippen molar-refractivity contribution >= 4 is 21.6 Å². The third-order valence-corrected chi connectivity index (χ3v) is 7.48. The Balaban J connectivity index is 1.48. The largest absolute Gasteiger partial charge is 0.497 e. The Morgan fingerprint density at radius 3 is 2.58 bits per heavy atom. The molecule has 0 radical (unpaired) electrons. The van der Waals surface area contributed by atoms with Crippen LogP contribution in [0.1, 0.15) is 24.6 Å². The van der Waals surface area contributed by atoms with Gasteiger partial charge >= 0.3 is 0 Å². The van der Waals surface area contributed by atoms with Crippen LogP contribution in [0.15, 0.2) is 51.9 Å². The number of rotatable bonds is 6. The quantitative estimate of drug-likeness (QED) is 0.545. The Kier molecular flexibility index (Phi) is 6.17. The highest BCUT2D eigenvalue weighted by Gasteiger charge is 2.33. The van der Waals surface area contributed by atoms with E-state index in [0.29, 0.717) is 48.4 Å². The maximum Gasteiger partial charge on any atom is 0.258 e. The highest BCUT2D eigenvalue weighted by atomic mass is 35.5. The summed E-state index contributed by atoms with van der Waals surface area (Å²) in [7, 11) is -0.701. The van der Waals surface area contributed by atoms with E-state index in [4.69, 9.17) is 25.6 Å². The Labute approximate surface area is 185 Å². The Morgan fingerprint density at radius 2 is 1.87 bits per heavy atom. The lowest BCUT2D eigenvalue weighted by Crippen LogP contribution is -2.38. The second kappa shape index (κ2) is 8.86. The molecule has 2 aromatic carbocycles. The molecule has 0 N–H and O–H groups in total. The molecular weight excluding hydrogens is 442 g/mol. The van der Waals surface area contributed by atoms with Crippen LogP contribution in [-0.4, -0.2) is 50.2 Å². The van der Waals surface area contributed by atoms with Crippen LogP contribution in [0.25, 0.3) is 11.5 Å². The summed E-state index contributed by atoms with van der Waals surface area (Å²) >= 11 is 6.02. The second-order valence-electron chi connectivity index (χ2n) is 7.16. The van der Waals surface area contributed by atoms with Crippen molar-refractivity contribution in [2.45, 2.75) is 23.7 Å². The summed E-state index contributed by atoms with van der Waals surface area (Å²) in [4.78, 5) is 4.60. The van der Waals surface area contributed by atoms with E-state index in [0.717, 1.165) is 5.56 Å². The van der Waals surface area contributed by atoms with Gasteiger partial charge in [-0.05, 0) is 49.2 Å². The number of piperidine rings is 1. The Morgan fingerprint density at radius 1 is 1.10 bits per heavy atom. The molecule has 1 aliphatic heterocycles. The van der Waals surface area contributed by atoms with Gasteiger partial charge in [-0.25, -0.2) is 8.42 Å². The number of benzene rings is 2. The van der Waals surface area contributed by atoms with E-state index >= 15 is 0 Å². The number of hydrogen-bond donors (Lipinski definition) is 0. The van der Waals surface area contributed by atoms with Crippen LogP contribution in [0.2, 0.25) is 5.02 Å². The van der Waals surface area contributed by atoms with Gasteiger partial charge in [0.1, 0.15) is 16.4 Å². The van der Waals surface area contributed by atoms with Crippen LogP contribution in [0.5, 0.6) is 11.5 Å². The lowest BCUT2D eigenvalue weighted by atomic mass is 9.97. The summed E-state index contributed by atoms with van der Waals surface area (Å²) in [6.45, 7) is 0.678. The van der Waals surface area contributed by atoms with Gasteiger partial charge in [-0.15, -0.1) is 0 Å². The SMILES string of the molecule is COc1cccc(-c2nc(C3CCN(S(=O)(=O)c4cc(Cl)ccc4OC)CC3)no2)c1. The van der Waals surface area contributed by atoms with Crippen molar-refractivity contribution in [1.29, 1.82) is 0 Å². The summed E-state index contributed by atoms with van der Waals surface area (Å²) in [6, 6.07) is 12.0. The molecule has 0 aliphatic carbocycles. The summed E-state index contributed by atoms with van der Waals surface area (Å²) in [5, 5.41) is 4.46. The van der Waals surface area contributed by atoms with Crippen molar-refractivity contribution in [3.05, 3.63) is 53.3 Å². The van der Waals surface area contributed by atoms with E-state index in [2.05, 4.69) is 10.1 Å². The van der Waals surface area contributed by atoms with E-state index in [1.54, 1.807) is 19.2 Å². The van der Waals surface area contributed by atoms with Crippen molar-refractivity contribution in [3.8, 4) is 23.0 Å². The number of sulfonamides is 1. The third kappa shape index (κ3) is 4.39. The van der Waals surface area contributed by atoms with E-state index in [-0.39, 0.29) is 16.6 Å². The first-order valence-electron chi connectivity index (χ1n) is 9.74. The molecule has 0 unspecified atom stereocenters. The number of hydrogen-bond acceptors (Lipinski definition) is 7. The summed E-state index contributed by atoms with van der Waals surface area (Å²) in [6.07, 6.45) is 1.17. The topological polar surface area (TPSA) is 94.8 Å². The fourth-order valence-corrected chi connectivity index (χ4v) is 5.51. The van der Waals surface area contributed by atoms with Gasteiger partial charge < -0.3 is 14.0 Å². The lowest BCUT2D eigenvalue weighted by Gasteiger charge is -2.30. The molecule has 0 spiro atoms. The van der Waals surface area contributed by atoms with Crippen molar-refractivity contribution in [2.75, 3.05) is 27.3 Å². The maximum absolute atomic E-state index is 13.1. The molecule has 1 fully saturated rings. The molecule has 0 amide bonds. The van der Waals surface area contributed by atoms with Crippen LogP contribution in [0.3, 0.4) is 0 Å². The second-order valence-corrected chi connectivity index (χ2v) is 9.51. The molecule has 1 aliphatic rings. The predicted octanol–water partition coefficient (Wildman–Crippen LogP) is 3.98. The molecule has 3 aromatic rings. The van der Waals surface area contributed by atoms with Gasteiger partial charge in [0, 0.05) is 29.6 Å². The number of halogens is 1. The molecule has 10 heteroatoms. The third-order valence-electron chi connectivity index (χ3n) is 5.32. The fourth-order valence-electron chi connectivity index (χ4n) is 3.62. The molecule has 8 nitrogen and oxygen atoms in total. The predicted molar refractivity (Wildman–Crippen MR) is 115 cm³/mol. The minimum absolute atomic E-state index is 0.0100. The Bertz CT molecular complexity index is 1170. The normalized spacial score (nSPS) is 15.7. The zero-order valence-corrected chi connectivity index (χ0v) is 18.7. The van der Waals surface area contributed by atoms with Crippen LogP contribution < -0.4 is 9.47 Å². The van der Waals surface area contributed by atoms with E-state index < -0.39 is 10.0 Å². The van der Waals surface area contributed by atoms with Gasteiger partial charge in [-0.3, -0.25) is 0 Å². The lowest BCUT2D eigenvalue weighted by molar-refractivity contribution is 0.305. The van der Waals surface area contributed by atoms with Crippen molar-refractivity contribution in [1.82, 2.24) is 14.4 Å². The monoisotopic (exact) mass is 463 g/mol. The minimum Gasteiger partial charge on any atom is -0.497 e. The van der Waals surface area contributed by atoms with Crippen molar-refractivity contribution in [3.63, 3.8) is 0 Å². The number of methoxy groups -OCH3 is 2. The van der Waals surface area contributed by atoms with Gasteiger partial charge in [0.25, 0.3) is 5.89 Å². The van der Waals surface area contributed by atoms with Gasteiger partial charge in [0.05, 0.1) is 14.2 Å². The highest BCUT2D eigenvalue weighted by Crippen LogP contribution is 2.34. The highest BCUT2D eigenvalue weighted by molar-refractivity contribution is 7.89. The Hall–Kier alpha value is -2.62. The van der Waals surface area contributed by atoms with E-state index in [1.807, 2.05) is 24.3 Å². The van der Waals surface area contributed by atoms with Crippen LogP contribution in [-0.2, 0) is 10.0 Å². The number of aromatic nitrogens is 2. The standard InChI is InChI=1S/C21H22ClN3O5S/c1-28-17-5-3-4-15(12-17)21-23-20(24-30-21)14-8-10-25(11-9-14)31(26,27)19-13-16(22)6-7-18(19)29-2/h3-7,12-14H,8-11H2,1-2H3. The smallest absolute Gasteiger partial charge is 0.258 e. The first kappa shape index (κ1) is 21.6. The molecule has 0 bridgehead atoms. The zero-order valence-electron chi connectivity index (χ0n) is 17.1. The first-order valence-corrected chi connectivity index (χ1v) is 11.6. The summed E-state index contributed by atoms with van der Waals surface area (Å²) in [5.41, 5.74) is 0.770. The molecule has 0 atom stereocenters. The van der Waals surface area contributed by atoms with E-state index in [9.17, 15) is 8.42 Å². The minimum atomic E-state index is -3.73. The average Bonchev–Trinajstić information content (AvgIpc) is 3.29. The summed E-state index contributed by atoms with van der Waals surface area (Å²) in [5.74, 6) is 1.97. The molecular formula is C21H22ClN3O5S. The molecule has 31 heavy (non-hydrogen) atoms. The van der Waals surface area contributed by atoms with Crippen LogP contribution in [0.4, 0.5) is 0 Å². The molecule has 0 saturated carbocycles. The molecule has 1 aromatic heterocycles. The average molecular weight is 464 g/mol. The maximum atomic E-state index is 13.1. The van der Waals surface area contributed by atoms with Crippen LogP contribution in [0, 0.1) is 0 Å². The number of nitrogens with zero attached hydrogens (tertiary/aromatic N) is 3. The van der Waals surface area contributed by atoms with Gasteiger partial charge in [-0.1, -0.05) is 22.8 Å². The van der Waals surface area contributed by atoms with Gasteiger partial charge in [0.2, 0.25) is 10.0 Å². The van der Waals surface area contributed by atoms with Crippen LogP contribution >= 0.6 is 11.6 Å². The zero-order chi connectivity index (χ0) is 22.0. The first-order chi connectivity index (χ1) is 14.9. The summed E-state index contributed by atoms with van der Waals surface area (Å²) < 4.78 is 43.6. The van der Waals surface area contributed by atoms with Gasteiger partial charge in [0.15, 0.2) is 5.82 Å². The van der Waals surface area contributed by atoms with Gasteiger partial charge in [-0.2, -0.15) is 9.29 Å². The van der Waals surface area contributed by atoms with Crippen molar-refractivity contribution in [2.24, 2.45) is 0 Å². The molecule has 1 saturated heterocycles. The fraction of sp³-hybridized carbons (Fsp3) is 0.333. The van der Waals surface area contributed by atoms with Crippen molar-refractivity contribution < 1.29 is 22.4 Å².